The molecule has 0 spiro atoms. The van der Waals surface area contributed by atoms with Crippen molar-refractivity contribution in [3.8, 4) is 0 Å². The first kappa shape index (κ1) is 10.3. The molecule has 0 atom stereocenters. The number of anilines is 1. The number of nitrogens with two attached hydrogens (primary N) is 1. The molecule has 1 aliphatic heterocycles. The van der Waals surface area contributed by atoms with Crippen molar-refractivity contribution < 1.29 is 13.2 Å². The van der Waals surface area contributed by atoms with Crippen molar-refractivity contribution in [2.24, 2.45) is 5.73 Å². The Kier molecular flexibility index (Phi) is 2.34. The third-order valence-corrected chi connectivity index (χ3v) is 2.47. The van der Waals surface area contributed by atoms with Gasteiger partial charge in [0.25, 0.3) is 0 Å². The van der Waals surface area contributed by atoms with Gasteiger partial charge in [-0.05, 0) is 24.3 Å². The van der Waals surface area contributed by atoms with Crippen LogP contribution in [0.15, 0.2) is 24.3 Å². The van der Waals surface area contributed by atoms with Gasteiger partial charge in [-0.15, -0.1) is 0 Å². The first-order chi connectivity index (χ1) is 6.97. The number of benzene rings is 1. The Labute approximate surface area is 85.5 Å². The third kappa shape index (κ3) is 2.07. The number of nitrogens with zero attached hydrogens (tertiary/aromatic N) is 1. The summed E-state index contributed by atoms with van der Waals surface area (Å²) in [5.74, 6) is 0. The first-order valence-corrected chi connectivity index (χ1v) is 4.64. The molecule has 1 saturated heterocycles. The van der Waals surface area contributed by atoms with E-state index in [-0.39, 0.29) is 6.04 Å². The molecule has 1 fully saturated rings. The second-order valence-electron chi connectivity index (χ2n) is 3.71. The van der Waals surface area contributed by atoms with Crippen LogP contribution in [-0.4, -0.2) is 19.1 Å². The highest BCUT2D eigenvalue weighted by atomic mass is 19.4. The van der Waals surface area contributed by atoms with Gasteiger partial charge in [-0.2, -0.15) is 13.2 Å². The predicted octanol–water partition coefficient (Wildman–Crippen LogP) is 1.85. The van der Waals surface area contributed by atoms with E-state index in [1.807, 2.05) is 4.90 Å². The van der Waals surface area contributed by atoms with Crippen LogP contribution in [0.3, 0.4) is 0 Å². The van der Waals surface area contributed by atoms with Crippen LogP contribution in [-0.2, 0) is 6.18 Å². The van der Waals surface area contributed by atoms with Gasteiger partial charge in [0.1, 0.15) is 0 Å². The van der Waals surface area contributed by atoms with Crippen molar-refractivity contribution >= 4 is 5.69 Å². The van der Waals surface area contributed by atoms with Gasteiger partial charge >= 0.3 is 6.18 Å². The molecule has 0 amide bonds. The van der Waals surface area contributed by atoms with Gasteiger partial charge in [0.05, 0.1) is 5.56 Å². The molecule has 0 radical (unpaired) electrons. The van der Waals surface area contributed by atoms with Crippen LogP contribution in [0.25, 0.3) is 0 Å². The van der Waals surface area contributed by atoms with E-state index in [0.29, 0.717) is 13.1 Å². The average Bonchev–Trinajstić information content (AvgIpc) is 2.12. The molecule has 82 valence electrons. The van der Waals surface area contributed by atoms with Crippen LogP contribution < -0.4 is 10.6 Å². The lowest BCUT2D eigenvalue weighted by Crippen LogP contribution is -2.55. The highest BCUT2D eigenvalue weighted by Gasteiger charge is 2.30. The van der Waals surface area contributed by atoms with Gasteiger partial charge in [0.2, 0.25) is 0 Å². The van der Waals surface area contributed by atoms with Gasteiger partial charge in [-0.1, -0.05) is 0 Å². The lowest BCUT2D eigenvalue weighted by molar-refractivity contribution is -0.137. The number of hydrogen-bond donors (Lipinski definition) is 1. The summed E-state index contributed by atoms with van der Waals surface area (Å²) in [4.78, 5) is 1.95. The number of hydrogen-bond acceptors (Lipinski definition) is 2. The molecule has 15 heavy (non-hydrogen) atoms. The summed E-state index contributed by atoms with van der Waals surface area (Å²) in [6, 6.07) is 5.30. The van der Waals surface area contributed by atoms with E-state index in [2.05, 4.69) is 0 Å². The Morgan fingerprint density at radius 1 is 1.13 bits per heavy atom. The minimum absolute atomic E-state index is 0.146. The van der Waals surface area contributed by atoms with Crippen molar-refractivity contribution in [3.05, 3.63) is 29.8 Å². The zero-order valence-electron chi connectivity index (χ0n) is 7.96. The summed E-state index contributed by atoms with van der Waals surface area (Å²) < 4.78 is 36.7. The van der Waals surface area contributed by atoms with E-state index in [1.165, 1.54) is 12.1 Å². The second kappa shape index (κ2) is 3.41. The number of halogens is 3. The maximum atomic E-state index is 12.2. The van der Waals surface area contributed by atoms with Gasteiger partial charge in [0.15, 0.2) is 0 Å². The van der Waals surface area contributed by atoms with E-state index >= 15 is 0 Å². The minimum Gasteiger partial charge on any atom is -0.368 e. The molecular weight excluding hydrogens is 205 g/mol. The fourth-order valence-corrected chi connectivity index (χ4v) is 1.58. The zero-order chi connectivity index (χ0) is 11.1. The molecule has 2 nitrogen and oxygen atoms in total. The van der Waals surface area contributed by atoms with Gasteiger partial charge in [-0.3, -0.25) is 0 Å². The minimum atomic E-state index is -4.26. The van der Waals surface area contributed by atoms with E-state index < -0.39 is 11.7 Å². The Bertz CT molecular complexity index is 339. The smallest absolute Gasteiger partial charge is 0.368 e. The summed E-state index contributed by atoms with van der Waals surface area (Å²) >= 11 is 0. The molecular formula is C10H11F3N2. The molecule has 2 rings (SSSR count). The number of rotatable bonds is 1. The van der Waals surface area contributed by atoms with E-state index in [4.69, 9.17) is 5.73 Å². The Balaban J connectivity index is 2.11. The molecule has 5 heteroatoms. The van der Waals surface area contributed by atoms with Crippen LogP contribution in [0.5, 0.6) is 0 Å². The Morgan fingerprint density at radius 2 is 1.67 bits per heavy atom. The van der Waals surface area contributed by atoms with Crippen molar-refractivity contribution in [2.45, 2.75) is 12.2 Å². The second-order valence-corrected chi connectivity index (χ2v) is 3.71. The van der Waals surface area contributed by atoms with E-state index in [0.717, 1.165) is 17.8 Å². The topological polar surface area (TPSA) is 29.3 Å². The lowest BCUT2D eigenvalue weighted by Gasteiger charge is -2.38. The van der Waals surface area contributed by atoms with Crippen LogP contribution >= 0.6 is 0 Å². The monoisotopic (exact) mass is 216 g/mol. The van der Waals surface area contributed by atoms with Gasteiger partial charge < -0.3 is 10.6 Å². The SMILES string of the molecule is NC1CN(c2ccc(C(F)(F)F)cc2)C1. The van der Waals surface area contributed by atoms with Crippen LogP contribution in [0.1, 0.15) is 5.56 Å². The molecule has 2 N–H and O–H groups in total. The first-order valence-electron chi connectivity index (χ1n) is 4.64. The van der Waals surface area contributed by atoms with Crippen molar-refractivity contribution in [2.75, 3.05) is 18.0 Å². The fourth-order valence-electron chi connectivity index (χ4n) is 1.58. The molecule has 0 aliphatic carbocycles. The van der Waals surface area contributed by atoms with E-state index in [9.17, 15) is 13.2 Å². The van der Waals surface area contributed by atoms with Crippen molar-refractivity contribution in [3.63, 3.8) is 0 Å². The molecule has 1 heterocycles. The summed E-state index contributed by atoms with van der Waals surface area (Å²) in [7, 11) is 0. The van der Waals surface area contributed by atoms with Gasteiger partial charge in [0, 0.05) is 24.8 Å². The normalized spacial score (nSPS) is 17.7. The van der Waals surface area contributed by atoms with Gasteiger partial charge in [-0.25, -0.2) is 0 Å². The van der Waals surface area contributed by atoms with Crippen molar-refractivity contribution in [1.29, 1.82) is 0 Å². The molecule has 1 aliphatic rings. The highest BCUT2D eigenvalue weighted by Crippen LogP contribution is 2.31. The number of alkyl halides is 3. The maximum absolute atomic E-state index is 12.2. The van der Waals surface area contributed by atoms with Crippen LogP contribution in [0, 0.1) is 0 Å². The summed E-state index contributed by atoms with van der Waals surface area (Å²) in [5, 5.41) is 0. The maximum Gasteiger partial charge on any atom is 0.416 e. The lowest BCUT2D eigenvalue weighted by atomic mass is 10.1. The Hall–Kier alpha value is -1.23. The fraction of sp³-hybridized carbons (Fsp3) is 0.400. The zero-order valence-corrected chi connectivity index (χ0v) is 7.96. The molecule has 1 aromatic rings. The van der Waals surface area contributed by atoms with E-state index in [1.54, 1.807) is 0 Å². The third-order valence-electron chi connectivity index (χ3n) is 2.47. The summed E-state index contributed by atoms with van der Waals surface area (Å²) in [6.07, 6.45) is -4.26. The molecule has 0 aromatic heterocycles. The largest absolute Gasteiger partial charge is 0.416 e. The van der Waals surface area contributed by atoms with Crippen molar-refractivity contribution in [1.82, 2.24) is 0 Å². The molecule has 1 aromatic carbocycles. The quantitative estimate of drug-likeness (QED) is 0.776. The molecule has 0 saturated carbocycles. The standard InChI is InChI=1S/C10H11F3N2/c11-10(12,13)7-1-3-9(4-2-7)15-5-8(14)6-15/h1-4,8H,5-6,14H2. The molecule has 0 bridgehead atoms. The average molecular weight is 216 g/mol. The predicted molar refractivity (Wildman–Crippen MR) is 51.6 cm³/mol. The summed E-state index contributed by atoms with van der Waals surface area (Å²) in [5.41, 5.74) is 5.76. The Morgan fingerprint density at radius 3 is 2.07 bits per heavy atom. The van der Waals surface area contributed by atoms with Crippen LogP contribution in [0.2, 0.25) is 0 Å². The molecule has 0 unspecified atom stereocenters. The van der Waals surface area contributed by atoms with Crippen LogP contribution in [0.4, 0.5) is 18.9 Å². The highest BCUT2D eigenvalue weighted by molar-refractivity contribution is 5.50. The summed E-state index contributed by atoms with van der Waals surface area (Å²) in [6.45, 7) is 1.43.